The normalized spacial score (nSPS) is 13.9. The summed E-state index contributed by atoms with van der Waals surface area (Å²) in [4.78, 5) is 0. The molecule has 0 aliphatic heterocycles. The van der Waals surface area contributed by atoms with Crippen molar-refractivity contribution < 1.29 is 21.6 Å². The third kappa shape index (κ3) is 18.9. The molecule has 6 nitrogen and oxygen atoms in total. The summed E-state index contributed by atoms with van der Waals surface area (Å²) in [6.07, 6.45) is 8.66. The van der Waals surface area contributed by atoms with Crippen LogP contribution >= 0.6 is 0 Å². The van der Waals surface area contributed by atoms with E-state index in [-0.39, 0.29) is 22.3 Å². The van der Waals surface area contributed by atoms with Gasteiger partial charge in [0, 0.05) is 19.5 Å². The SMILES string of the molecule is CC(C)(CCCCOCCCCC(C)(C)CS(C)(=O)=O)CCCS(N)(=O)=O. The van der Waals surface area contributed by atoms with Gasteiger partial charge in [0.25, 0.3) is 0 Å². The molecule has 0 aromatic rings. The van der Waals surface area contributed by atoms with Gasteiger partial charge in [0.05, 0.1) is 11.5 Å². The van der Waals surface area contributed by atoms with Crippen molar-refractivity contribution in [2.75, 3.05) is 31.0 Å². The Morgan fingerprint density at radius 3 is 1.63 bits per heavy atom. The van der Waals surface area contributed by atoms with E-state index in [1.807, 2.05) is 13.8 Å². The first-order chi connectivity index (χ1) is 12.1. The van der Waals surface area contributed by atoms with Crippen LogP contribution in [-0.4, -0.2) is 47.8 Å². The Labute approximate surface area is 167 Å². The Hall–Kier alpha value is -0.180. The molecular formula is C19H41NO5S2. The highest BCUT2D eigenvalue weighted by Crippen LogP contribution is 2.29. The number of primary sulfonamides is 1. The smallest absolute Gasteiger partial charge is 0.209 e. The van der Waals surface area contributed by atoms with E-state index in [4.69, 9.17) is 9.88 Å². The Bertz CT molecular complexity index is 610. The minimum Gasteiger partial charge on any atom is -0.381 e. The molecule has 0 saturated carbocycles. The van der Waals surface area contributed by atoms with Crippen molar-refractivity contribution in [3.63, 3.8) is 0 Å². The van der Waals surface area contributed by atoms with Gasteiger partial charge in [-0.25, -0.2) is 22.0 Å². The summed E-state index contributed by atoms with van der Waals surface area (Å²) in [5.41, 5.74) is -0.0573. The highest BCUT2D eigenvalue weighted by molar-refractivity contribution is 7.90. The molecule has 8 heteroatoms. The van der Waals surface area contributed by atoms with Crippen LogP contribution in [0.3, 0.4) is 0 Å². The van der Waals surface area contributed by atoms with E-state index in [9.17, 15) is 16.8 Å². The Morgan fingerprint density at radius 2 is 1.19 bits per heavy atom. The number of sulfonamides is 1. The molecule has 0 saturated heterocycles. The summed E-state index contributed by atoms with van der Waals surface area (Å²) >= 11 is 0. The molecule has 0 aliphatic carbocycles. The van der Waals surface area contributed by atoms with Crippen LogP contribution in [0.2, 0.25) is 0 Å². The van der Waals surface area contributed by atoms with Gasteiger partial charge in [0.1, 0.15) is 9.84 Å². The average Bonchev–Trinajstić information content (AvgIpc) is 2.41. The van der Waals surface area contributed by atoms with Crippen LogP contribution in [0, 0.1) is 10.8 Å². The van der Waals surface area contributed by atoms with E-state index in [1.54, 1.807) is 0 Å². The standard InChI is InChI=1S/C19H41NO5S2/c1-18(2,13-10-16-27(20,23)24)11-6-8-14-25-15-9-7-12-19(3,4)17-26(5,21)22/h6-17H2,1-5H3,(H2,20,23,24). The maximum atomic E-state index is 11.4. The highest BCUT2D eigenvalue weighted by atomic mass is 32.2. The quantitative estimate of drug-likeness (QED) is 0.380. The van der Waals surface area contributed by atoms with Crippen LogP contribution < -0.4 is 5.14 Å². The van der Waals surface area contributed by atoms with Crippen molar-refractivity contribution in [3.8, 4) is 0 Å². The van der Waals surface area contributed by atoms with Crippen molar-refractivity contribution in [1.82, 2.24) is 0 Å². The van der Waals surface area contributed by atoms with Crippen LogP contribution in [0.5, 0.6) is 0 Å². The molecule has 0 aliphatic rings. The number of hydrogen-bond donors (Lipinski definition) is 1. The second-order valence-corrected chi connectivity index (χ2v) is 13.3. The molecule has 0 fully saturated rings. The highest BCUT2D eigenvalue weighted by Gasteiger charge is 2.22. The van der Waals surface area contributed by atoms with Gasteiger partial charge in [-0.15, -0.1) is 0 Å². The maximum Gasteiger partial charge on any atom is 0.209 e. The molecule has 0 heterocycles. The maximum absolute atomic E-state index is 11.4. The van der Waals surface area contributed by atoms with Gasteiger partial charge in [-0.3, -0.25) is 0 Å². The lowest BCUT2D eigenvalue weighted by atomic mass is 9.83. The number of ether oxygens (including phenoxy) is 1. The molecule has 0 spiro atoms. The van der Waals surface area contributed by atoms with Crippen LogP contribution in [0.15, 0.2) is 0 Å². The van der Waals surface area contributed by atoms with Gasteiger partial charge < -0.3 is 4.74 Å². The van der Waals surface area contributed by atoms with Crippen molar-refractivity contribution in [3.05, 3.63) is 0 Å². The van der Waals surface area contributed by atoms with Crippen molar-refractivity contribution >= 4 is 19.9 Å². The van der Waals surface area contributed by atoms with Gasteiger partial charge in [0.2, 0.25) is 10.0 Å². The molecule has 0 bridgehead atoms. The van der Waals surface area contributed by atoms with Crippen LogP contribution in [0.25, 0.3) is 0 Å². The second-order valence-electron chi connectivity index (χ2n) is 9.40. The second kappa shape index (κ2) is 11.7. The molecule has 0 aromatic carbocycles. The molecule has 0 aromatic heterocycles. The van der Waals surface area contributed by atoms with Crippen molar-refractivity contribution in [1.29, 1.82) is 0 Å². The van der Waals surface area contributed by atoms with Crippen molar-refractivity contribution in [2.45, 2.75) is 79.1 Å². The minimum absolute atomic E-state index is 0.0561. The number of rotatable bonds is 16. The van der Waals surface area contributed by atoms with Gasteiger partial charge in [0.15, 0.2) is 0 Å². The first kappa shape index (κ1) is 26.8. The molecule has 0 rings (SSSR count). The van der Waals surface area contributed by atoms with Crippen LogP contribution in [-0.2, 0) is 24.6 Å². The molecule has 27 heavy (non-hydrogen) atoms. The lowest BCUT2D eigenvalue weighted by molar-refractivity contribution is 0.120. The van der Waals surface area contributed by atoms with E-state index < -0.39 is 19.9 Å². The Kier molecular flexibility index (Phi) is 11.7. The summed E-state index contributed by atoms with van der Waals surface area (Å²) in [5.74, 6) is 0.286. The summed E-state index contributed by atoms with van der Waals surface area (Å²) in [6, 6.07) is 0. The topological polar surface area (TPSA) is 104 Å². The molecule has 0 amide bonds. The Morgan fingerprint density at radius 1 is 0.741 bits per heavy atom. The van der Waals surface area contributed by atoms with Crippen LogP contribution in [0.4, 0.5) is 0 Å². The average molecular weight is 428 g/mol. The van der Waals surface area contributed by atoms with Gasteiger partial charge in [-0.2, -0.15) is 0 Å². The van der Waals surface area contributed by atoms with Gasteiger partial charge >= 0.3 is 0 Å². The van der Waals surface area contributed by atoms with E-state index in [0.29, 0.717) is 13.0 Å². The number of unbranched alkanes of at least 4 members (excludes halogenated alkanes) is 2. The predicted molar refractivity (Wildman–Crippen MR) is 113 cm³/mol. The summed E-state index contributed by atoms with van der Waals surface area (Å²) < 4.78 is 50.4. The zero-order chi connectivity index (χ0) is 21.2. The Balaban J connectivity index is 3.69. The fourth-order valence-electron chi connectivity index (χ4n) is 3.38. The molecular weight excluding hydrogens is 386 g/mol. The first-order valence-electron chi connectivity index (χ1n) is 9.88. The zero-order valence-corrected chi connectivity index (χ0v) is 19.6. The monoisotopic (exact) mass is 427 g/mol. The molecule has 0 atom stereocenters. The number of sulfone groups is 1. The zero-order valence-electron chi connectivity index (χ0n) is 17.9. The van der Waals surface area contributed by atoms with E-state index in [2.05, 4.69) is 13.8 Å². The van der Waals surface area contributed by atoms with Gasteiger partial charge in [-0.1, -0.05) is 40.5 Å². The summed E-state index contributed by atoms with van der Waals surface area (Å²) in [6.45, 7) is 9.77. The summed E-state index contributed by atoms with van der Waals surface area (Å²) in [5, 5.41) is 5.03. The lowest BCUT2D eigenvalue weighted by Crippen LogP contribution is -2.23. The number of nitrogens with two attached hydrogens (primary N) is 1. The molecule has 0 radical (unpaired) electrons. The van der Waals surface area contributed by atoms with E-state index in [1.165, 1.54) is 6.26 Å². The molecule has 0 unspecified atom stereocenters. The van der Waals surface area contributed by atoms with Gasteiger partial charge in [-0.05, 0) is 49.4 Å². The third-order valence-electron chi connectivity index (χ3n) is 4.72. The fraction of sp³-hybridized carbons (Fsp3) is 1.00. The minimum atomic E-state index is -3.36. The van der Waals surface area contributed by atoms with E-state index >= 15 is 0 Å². The predicted octanol–water partition coefficient (Wildman–Crippen LogP) is 3.51. The lowest BCUT2D eigenvalue weighted by Gasteiger charge is -2.24. The molecule has 164 valence electrons. The third-order valence-corrected chi connectivity index (χ3v) is 6.88. The van der Waals surface area contributed by atoms with Crippen molar-refractivity contribution in [2.24, 2.45) is 16.0 Å². The van der Waals surface area contributed by atoms with E-state index in [0.717, 1.165) is 51.6 Å². The molecule has 2 N–H and O–H groups in total. The number of hydrogen-bond acceptors (Lipinski definition) is 5. The first-order valence-corrected chi connectivity index (χ1v) is 13.7. The summed E-state index contributed by atoms with van der Waals surface area (Å²) in [7, 11) is -6.29. The van der Waals surface area contributed by atoms with Crippen LogP contribution in [0.1, 0.15) is 79.1 Å². The fourth-order valence-corrected chi connectivity index (χ4v) is 5.49. The largest absolute Gasteiger partial charge is 0.381 e.